The van der Waals surface area contributed by atoms with Gasteiger partial charge in [-0.1, -0.05) is 170 Å². The summed E-state index contributed by atoms with van der Waals surface area (Å²) in [4.78, 5) is 55.6. The van der Waals surface area contributed by atoms with E-state index in [0.717, 1.165) is 100 Å². The van der Waals surface area contributed by atoms with Gasteiger partial charge in [-0.2, -0.15) is 0 Å². The maximum atomic E-state index is 14.7. The summed E-state index contributed by atoms with van der Waals surface area (Å²) in [6, 6.07) is 99.2. The van der Waals surface area contributed by atoms with Crippen LogP contribution in [0.2, 0.25) is 0 Å². The van der Waals surface area contributed by atoms with E-state index < -0.39 is 0 Å². The van der Waals surface area contributed by atoms with E-state index in [1.807, 2.05) is 164 Å². The first-order valence-corrected chi connectivity index (χ1v) is 31.7. The molecule has 450 valence electrons. The molecule has 0 aliphatic heterocycles. The zero-order valence-electron chi connectivity index (χ0n) is 51.1. The second-order valence-corrected chi connectivity index (χ2v) is 24.5. The van der Waals surface area contributed by atoms with E-state index >= 15 is 0 Å². The fraction of sp³-hybridized carbons (Fsp3) is 0. The Bertz CT molecular complexity index is 6580. The zero-order chi connectivity index (χ0) is 64.1. The average molecular weight is 1240 g/mol. The van der Waals surface area contributed by atoms with E-state index in [-0.39, 0.29) is 21.7 Å². The van der Waals surface area contributed by atoms with Crippen molar-refractivity contribution in [2.75, 3.05) is 0 Å². The van der Waals surface area contributed by atoms with Gasteiger partial charge in [-0.15, -0.1) is 0 Å². The monoisotopic (exact) mass is 1230 g/mol. The summed E-state index contributed by atoms with van der Waals surface area (Å²) >= 11 is 0. The Morgan fingerprint density at radius 2 is 0.323 bits per heavy atom. The molecular formula is C88H50O8. The molecule has 14 aromatic carbocycles. The van der Waals surface area contributed by atoms with Crippen LogP contribution in [0.1, 0.15) is 0 Å². The standard InChI is InChI=1S/C88H50O8/c89-85-69-23-1-4-26-78(69)95-82-48-66(27-33-71(82)85)61-21-9-17-57(43-61)53-13-6-14-54(40-53)58-18-10-22-62(44-58)67-28-34-72-83(49-67)96-84-50-68(29-35-73(84)86(72)90)65-32-38-81-76(47-65)88(92)75-46-64(31-37-80(75)94-81)60-20-8-16-56(42-60)52-12-5-11-51(39-52)55-15-7-19-59(41-55)63-30-36-79-74(45-63)87(91)70-24-2-3-25-77(70)93-79/h1-50H. The zero-order valence-corrected chi connectivity index (χ0v) is 51.1. The van der Waals surface area contributed by atoms with Gasteiger partial charge >= 0.3 is 0 Å². The number of hydrogen-bond donors (Lipinski definition) is 0. The lowest BCUT2D eigenvalue weighted by atomic mass is 9.94. The van der Waals surface area contributed by atoms with Crippen LogP contribution in [-0.4, -0.2) is 0 Å². The Morgan fingerprint density at radius 3 is 0.615 bits per heavy atom. The minimum Gasteiger partial charge on any atom is -0.456 e. The lowest BCUT2D eigenvalue weighted by Gasteiger charge is -2.11. The average Bonchev–Trinajstić information content (AvgIpc) is 0.907. The third-order valence-corrected chi connectivity index (χ3v) is 18.7. The molecule has 0 bridgehead atoms. The highest BCUT2D eigenvalue weighted by Crippen LogP contribution is 2.38. The van der Waals surface area contributed by atoms with E-state index in [1.54, 1.807) is 18.2 Å². The predicted molar refractivity (Wildman–Crippen MR) is 390 cm³/mol. The molecule has 0 unspecified atom stereocenters. The van der Waals surface area contributed by atoms with Crippen LogP contribution in [0, 0.1) is 0 Å². The molecule has 0 amide bonds. The van der Waals surface area contributed by atoms with Gasteiger partial charge in [0.05, 0.1) is 43.1 Å². The van der Waals surface area contributed by atoms with Gasteiger partial charge in [0.1, 0.15) is 44.7 Å². The van der Waals surface area contributed by atoms with Crippen molar-refractivity contribution in [1.29, 1.82) is 0 Å². The number of para-hydroxylation sites is 2. The smallest absolute Gasteiger partial charge is 0.200 e. The van der Waals surface area contributed by atoms with Crippen molar-refractivity contribution in [2.45, 2.75) is 0 Å². The van der Waals surface area contributed by atoms with E-state index in [4.69, 9.17) is 17.7 Å². The van der Waals surface area contributed by atoms with Crippen molar-refractivity contribution in [1.82, 2.24) is 0 Å². The Kier molecular flexibility index (Phi) is 13.0. The lowest BCUT2D eigenvalue weighted by Crippen LogP contribution is -2.03. The van der Waals surface area contributed by atoms with Gasteiger partial charge in [-0.3, -0.25) is 19.2 Å². The molecule has 0 radical (unpaired) electrons. The Morgan fingerprint density at radius 1 is 0.135 bits per heavy atom. The largest absolute Gasteiger partial charge is 0.456 e. The molecule has 0 saturated carbocycles. The highest BCUT2D eigenvalue weighted by atomic mass is 16.3. The van der Waals surface area contributed by atoms with Crippen LogP contribution in [0.15, 0.2) is 340 Å². The summed E-state index contributed by atoms with van der Waals surface area (Å²) in [7, 11) is 0. The molecular weight excluding hydrogens is 1180 g/mol. The third-order valence-electron chi connectivity index (χ3n) is 18.7. The maximum Gasteiger partial charge on any atom is 0.200 e. The van der Waals surface area contributed by atoms with Crippen molar-refractivity contribution in [3.05, 3.63) is 344 Å². The van der Waals surface area contributed by atoms with E-state index in [9.17, 15) is 19.2 Å². The molecule has 0 saturated heterocycles. The highest BCUT2D eigenvalue weighted by Gasteiger charge is 2.18. The SMILES string of the molecule is O=c1c2ccccc2oc2cc(-c3cccc(-c4cccc(-c5cccc(-c6ccc7c(=O)c8ccc(-c9ccc%10oc%11ccc(-c%12cccc(-c%13cccc(-c%14cccc(-c%15ccc%16oc%17ccccc%17c(=O)c%16c%15)c%14)c%13)c%12)cc%11c(=O)c%10c9)cc8oc7c6)c5)c4)c3)ccc12. The van der Waals surface area contributed by atoms with Crippen LogP contribution < -0.4 is 21.7 Å². The van der Waals surface area contributed by atoms with Crippen molar-refractivity contribution >= 4 is 87.8 Å². The summed E-state index contributed by atoms with van der Waals surface area (Å²) in [6.45, 7) is 0. The lowest BCUT2D eigenvalue weighted by molar-refractivity contribution is 0.659. The molecule has 4 heterocycles. The Balaban J connectivity index is 0.610. The number of hydrogen-bond acceptors (Lipinski definition) is 8. The van der Waals surface area contributed by atoms with Gasteiger partial charge in [0.15, 0.2) is 0 Å². The molecule has 8 heteroatoms. The summed E-state index contributed by atoms with van der Waals surface area (Å²) in [5.74, 6) is 0. The summed E-state index contributed by atoms with van der Waals surface area (Å²) in [6.07, 6.45) is 0. The van der Waals surface area contributed by atoms with Crippen LogP contribution in [0.25, 0.3) is 188 Å². The van der Waals surface area contributed by atoms with Crippen molar-refractivity contribution in [3.8, 4) is 100 Å². The Labute approximate surface area is 546 Å². The summed E-state index contributed by atoms with van der Waals surface area (Å²) in [5, 5.41) is 4.05. The summed E-state index contributed by atoms with van der Waals surface area (Å²) in [5.41, 5.74) is 21.1. The molecule has 0 spiro atoms. The highest BCUT2D eigenvalue weighted by molar-refractivity contribution is 5.99. The molecule has 0 aliphatic carbocycles. The van der Waals surface area contributed by atoms with Gasteiger partial charge < -0.3 is 17.7 Å². The van der Waals surface area contributed by atoms with Crippen LogP contribution in [0.4, 0.5) is 0 Å². The first-order valence-electron chi connectivity index (χ1n) is 31.7. The van der Waals surface area contributed by atoms with Crippen LogP contribution in [0.3, 0.4) is 0 Å². The minimum atomic E-state index is -0.153. The van der Waals surface area contributed by atoms with Crippen LogP contribution in [-0.2, 0) is 0 Å². The minimum absolute atomic E-state index is 0.0415. The fourth-order valence-electron chi connectivity index (χ4n) is 13.7. The second kappa shape index (κ2) is 22.4. The number of rotatable bonds is 9. The fourth-order valence-corrected chi connectivity index (χ4v) is 13.7. The topological polar surface area (TPSA) is 121 Å². The molecule has 0 aliphatic rings. The van der Waals surface area contributed by atoms with Crippen molar-refractivity contribution in [3.63, 3.8) is 0 Å². The molecule has 0 atom stereocenters. The van der Waals surface area contributed by atoms with E-state index in [0.29, 0.717) is 87.8 Å². The van der Waals surface area contributed by atoms with Crippen molar-refractivity contribution in [2.24, 2.45) is 0 Å². The predicted octanol–water partition coefficient (Wildman–Crippen LogP) is 21.7. The molecule has 18 rings (SSSR count). The molecule has 8 nitrogen and oxygen atoms in total. The van der Waals surface area contributed by atoms with Crippen molar-refractivity contribution < 1.29 is 17.7 Å². The van der Waals surface area contributed by atoms with E-state index in [2.05, 4.69) is 121 Å². The first-order chi connectivity index (χ1) is 47.1. The molecule has 0 N–H and O–H groups in total. The molecule has 0 fully saturated rings. The number of benzene rings is 14. The van der Waals surface area contributed by atoms with E-state index in [1.165, 1.54) is 0 Å². The molecule has 4 aromatic heterocycles. The van der Waals surface area contributed by atoms with Gasteiger partial charge in [-0.05, 0) is 234 Å². The van der Waals surface area contributed by atoms with Gasteiger partial charge in [-0.25, -0.2) is 0 Å². The molecule has 18 aromatic rings. The maximum absolute atomic E-state index is 14.7. The Hall–Kier alpha value is -13.0. The quantitative estimate of drug-likeness (QED) is 0.131. The van der Waals surface area contributed by atoms with Gasteiger partial charge in [0.2, 0.25) is 21.7 Å². The normalized spacial score (nSPS) is 11.7. The second-order valence-electron chi connectivity index (χ2n) is 24.5. The third kappa shape index (κ3) is 9.70. The summed E-state index contributed by atoms with van der Waals surface area (Å²) < 4.78 is 25.4. The van der Waals surface area contributed by atoms with Crippen LogP contribution in [0.5, 0.6) is 0 Å². The number of fused-ring (bicyclic) bond motifs is 8. The van der Waals surface area contributed by atoms with Gasteiger partial charge in [0, 0.05) is 0 Å². The molecule has 96 heavy (non-hydrogen) atoms. The van der Waals surface area contributed by atoms with Gasteiger partial charge in [0.25, 0.3) is 0 Å². The first kappa shape index (κ1) is 55.8. The van der Waals surface area contributed by atoms with Crippen LogP contribution >= 0.6 is 0 Å².